The number of aryl methyl sites for hydroxylation is 1. The number of rotatable bonds is 4. The minimum atomic E-state index is -4.05. The van der Waals surface area contributed by atoms with Crippen molar-refractivity contribution in [2.45, 2.75) is 24.7 Å². The van der Waals surface area contributed by atoms with Crippen LogP contribution in [-0.2, 0) is 19.1 Å². The molecule has 0 spiro atoms. The summed E-state index contributed by atoms with van der Waals surface area (Å²) in [6.07, 6.45) is 1.16. The van der Waals surface area contributed by atoms with Crippen LogP contribution >= 0.6 is 0 Å². The van der Waals surface area contributed by atoms with E-state index >= 15 is 0 Å². The fourth-order valence-corrected chi connectivity index (χ4v) is 3.86. The molecule has 0 unspecified atom stereocenters. The minimum Gasteiger partial charge on any atom is -0.371 e. The summed E-state index contributed by atoms with van der Waals surface area (Å²) in [7, 11) is -4.05. The van der Waals surface area contributed by atoms with Gasteiger partial charge in [0, 0.05) is 18.8 Å². The Morgan fingerprint density at radius 3 is 2.20 bits per heavy atom. The van der Waals surface area contributed by atoms with Crippen LogP contribution in [0.5, 0.6) is 0 Å². The molecule has 132 valence electrons. The second-order valence-corrected chi connectivity index (χ2v) is 7.81. The molecule has 0 aromatic heterocycles. The zero-order valence-corrected chi connectivity index (χ0v) is 14.9. The molecular formula is C19H21NO4S. The summed E-state index contributed by atoms with van der Waals surface area (Å²) in [6, 6.07) is 16.2. The van der Waals surface area contributed by atoms with E-state index in [1.165, 1.54) is 12.1 Å². The molecule has 1 saturated heterocycles. The Bertz CT molecular complexity index is 823. The first-order valence-corrected chi connectivity index (χ1v) is 9.71. The molecular weight excluding hydrogens is 338 g/mol. The zero-order chi connectivity index (χ0) is 17.9. The predicted octanol–water partition coefficient (Wildman–Crippen LogP) is 3.14. The SMILES string of the molecule is Cc1ccc(S(=O)(=O)OC(=O)C2CCN(c3ccccc3)CC2)cc1. The normalized spacial score (nSPS) is 15.8. The molecule has 6 heteroatoms. The second kappa shape index (κ2) is 7.27. The summed E-state index contributed by atoms with van der Waals surface area (Å²) in [4.78, 5) is 14.5. The fraction of sp³-hybridized carbons (Fsp3) is 0.316. The van der Waals surface area contributed by atoms with Crippen LogP contribution in [0.3, 0.4) is 0 Å². The first-order valence-electron chi connectivity index (χ1n) is 8.31. The molecule has 1 heterocycles. The van der Waals surface area contributed by atoms with Gasteiger partial charge < -0.3 is 9.08 Å². The Morgan fingerprint density at radius 2 is 1.60 bits per heavy atom. The molecule has 0 radical (unpaired) electrons. The van der Waals surface area contributed by atoms with Gasteiger partial charge in [-0.25, -0.2) is 0 Å². The summed E-state index contributed by atoms with van der Waals surface area (Å²) >= 11 is 0. The van der Waals surface area contributed by atoms with Gasteiger partial charge in [-0.05, 0) is 44.0 Å². The van der Waals surface area contributed by atoms with Crippen LogP contribution in [0.4, 0.5) is 5.69 Å². The number of hydrogen-bond donors (Lipinski definition) is 0. The van der Waals surface area contributed by atoms with Crippen LogP contribution in [0.2, 0.25) is 0 Å². The molecule has 1 fully saturated rings. The summed E-state index contributed by atoms with van der Waals surface area (Å²) in [5, 5.41) is 0. The Balaban J connectivity index is 1.60. The van der Waals surface area contributed by atoms with Gasteiger partial charge in [0.2, 0.25) is 0 Å². The van der Waals surface area contributed by atoms with Gasteiger partial charge in [0.05, 0.1) is 5.92 Å². The van der Waals surface area contributed by atoms with Gasteiger partial charge in [-0.15, -0.1) is 0 Å². The maximum atomic E-state index is 12.3. The van der Waals surface area contributed by atoms with E-state index in [9.17, 15) is 13.2 Å². The molecule has 1 aliphatic heterocycles. The minimum absolute atomic E-state index is 0.00757. The number of anilines is 1. The highest BCUT2D eigenvalue weighted by molar-refractivity contribution is 7.87. The lowest BCUT2D eigenvalue weighted by atomic mass is 9.97. The monoisotopic (exact) mass is 359 g/mol. The van der Waals surface area contributed by atoms with Crippen LogP contribution in [0.25, 0.3) is 0 Å². The van der Waals surface area contributed by atoms with Crippen molar-refractivity contribution < 1.29 is 17.4 Å². The van der Waals surface area contributed by atoms with Crippen LogP contribution in [-0.4, -0.2) is 27.5 Å². The van der Waals surface area contributed by atoms with Crippen molar-refractivity contribution in [2.24, 2.45) is 5.92 Å². The van der Waals surface area contributed by atoms with E-state index in [0.29, 0.717) is 25.9 Å². The number of carbonyl (C=O) groups is 1. The third-order valence-corrected chi connectivity index (χ3v) is 5.68. The quantitative estimate of drug-likeness (QED) is 0.785. The average Bonchev–Trinajstić information content (AvgIpc) is 2.62. The van der Waals surface area contributed by atoms with Crippen molar-refractivity contribution in [1.82, 2.24) is 0 Å². The third kappa shape index (κ3) is 4.20. The zero-order valence-electron chi connectivity index (χ0n) is 14.1. The number of benzene rings is 2. The maximum Gasteiger partial charge on any atom is 0.341 e. The lowest BCUT2D eigenvalue weighted by Crippen LogP contribution is -2.37. The molecule has 5 nitrogen and oxygen atoms in total. The molecule has 0 atom stereocenters. The van der Waals surface area contributed by atoms with E-state index in [2.05, 4.69) is 4.90 Å². The first kappa shape index (κ1) is 17.5. The Morgan fingerprint density at radius 1 is 1.00 bits per heavy atom. The largest absolute Gasteiger partial charge is 0.371 e. The Kier molecular flexibility index (Phi) is 5.08. The van der Waals surface area contributed by atoms with Crippen molar-refractivity contribution in [2.75, 3.05) is 18.0 Å². The van der Waals surface area contributed by atoms with Gasteiger partial charge in [0.25, 0.3) is 0 Å². The summed E-state index contributed by atoms with van der Waals surface area (Å²) < 4.78 is 29.3. The van der Waals surface area contributed by atoms with Crippen molar-refractivity contribution >= 4 is 21.8 Å². The molecule has 0 N–H and O–H groups in total. The molecule has 0 bridgehead atoms. The van der Waals surface area contributed by atoms with Crippen molar-refractivity contribution in [3.63, 3.8) is 0 Å². The van der Waals surface area contributed by atoms with Crippen molar-refractivity contribution in [1.29, 1.82) is 0 Å². The molecule has 2 aromatic carbocycles. The molecule has 25 heavy (non-hydrogen) atoms. The van der Waals surface area contributed by atoms with E-state index in [1.54, 1.807) is 12.1 Å². The molecule has 3 rings (SSSR count). The van der Waals surface area contributed by atoms with Crippen molar-refractivity contribution in [3.8, 4) is 0 Å². The highest BCUT2D eigenvalue weighted by Crippen LogP contribution is 2.25. The molecule has 1 aliphatic rings. The predicted molar refractivity (Wildman–Crippen MR) is 95.8 cm³/mol. The van der Waals surface area contributed by atoms with E-state index in [-0.39, 0.29) is 10.8 Å². The van der Waals surface area contributed by atoms with Gasteiger partial charge in [-0.3, -0.25) is 4.79 Å². The summed E-state index contributed by atoms with van der Waals surface area (Å²) in [6.45, 7) is 3.27. The van der Waals surface area contributed by atoms with Crippen LogP contribution in [0.15, 0.2) is 59.5 Å². The lowest BCUT2D eigenvalue weighted by molar-refractivity contribution is -0.139. The lowest BCUT2D eigenvalue weighted by Gasteiger charge is -2.32. The molecule has 0 saturated carbocycles. The van der Waals surface area contributed by atoms with Crippen LogP contribution in [0.1, 0.15) is 18.4 Å². The molecule has 2 aromatic rings. The van der Waals surface area contributed by atoms with E-state index < -0.39 is 16.1 Å². The van der Waals surface area contributed by atoms with E-state index in [1.807, 2.05) is 37.3 Å². The van der Waals surface area contributed by atoms with Gasteiger partial charge in [0.15, 0.2) is 0 Å². The number of hydrogen-bond acceptors (Lipinski definition) is 5. The molecule has 0 amide bonds. The number of nitrogens with zero attached hydrogens (tertiary/aromatic N) is 1. The highest BCUT2D eigenvalue weighted by atomic mass is 32.2. The van der Waals surface area contributed by atoms with Gasteiger partial charge in [-0.1, -0.05) is 35.9 Å². The number of para-hydroxylation sites is 1. The van der Waals surface area contributed by atoms with Crippen LogP contribution < -0.4 is 4.90 Å². The Labute approximate surface area is 148 Å². The van der Waals surface area contributed by atoms with Gasteiger partial charge in [-0.2, -0.15) is 8.42 Å². The van der Waals surface area contributed by atoms with Crippen LogP contribution in [0, 0.1) is 12.8 Å². The highest BCUT2D eigenvalue weighted by Gasteiger charge is 2.30. The Hall–Kier alpha value is -2.34. The van der Waals surface area contributed by atoms with Crippen molar-refractivity contribution in [3.05, 3.63) is 60.2 Å². The van der Waals surface area contributed by atoms with E-state index in [0.717, 1.165) is 11.3 Å². The second-order valence-electron chi connectivity index (χ2n) is 6.27. The number of carbonyl (C=O) groups excluding carboxylic acids is 1. The molecule has 0 aliphatic carbocycles. The summed E-state index contributed by atoms with van der Waals surface area (Å²) in [5.41, 5.74) is 2.06. The average molecular weight is 359 g/mol. The fourth-order valence-electron chi connectivity index (χ4n) is 2.94. The van der Waals surface area contributed by atoms with E-state index in [4.69, 9.17) is 4.18 Å². The number of piperidine rings is 1. The first-order chi connectivity index (χ1) is 12.0. The smallest absolute Gasteiger partial charge is 0.341 e. The maximum absolute atomic E-state index is 12.3. The topological polar surface area (TPSA) is 63.7 Å². The summed E-state index contributed by atoms with van der Waals surface area (Å²) in [5.74, 6) is -1.05. The standard InChI is InChI=1S/C19H21NO4S/c1-15-7-9-18(10-8-15)25(22,23)24-19(21)16-11-13-20(14-12-16)17-5-3-2-4-6-17/h2-10,16H,11-14H2,1H3. The van der Waals surface area contributed by atoms with Gasteiger partial charge >= 0.3 is 16.1 Å². The third-order valence-electron chi connectivity index (χ3n) is 4.45. The van der Waals surface area contributed by atoms with Gasteiger partial charge in [0.1, 0.15) is 4.90 Å².